The highest BCUT2D eigenvalue weighted by Crippen LogP contribution is 2.32. The largest absolute Gasteiger partial charge is 0.335 e. The highest BCUT2D eigenvalue weighted by Gasteiger charge is 2.34. The number of carbonyl (C=O) groups excluding carboxylic acids is 1. The fourth-order valence-electron chi connectivity index (χ4n) is 3.22. The van der Waals surface area contributed by atoms with Crippen molar-refractivity contribution in [2.45, 2.75) is 32.1 Å². The van der Waals surface area contributed by atoms with Gasteiger partial charge in [0.2, 0.25) is 10.0 Å². The van der Waals surface area contributed by atoms with E-state index in [0.717, 1.165) is 17.1 Å². The molecule has 0 radical (unpaired) electrons. The third-order valence-electron chi connectivity index (χ3n) is 4.66. The summed E-state index contributed by atoms with van der Waals surface area (Å²) in [6.45, 7) is 7.05. The number of benzene rings is 1. The van der Waals surface area contributed by atoms with Crippen molar-refractivity contribution >= 4 is 50.5 Å². The standard InChI is InChI=1S/C19H23Cl2N3O3S2/c1-12(2)11-16-22-13(3)17(28-16)19(25)23-7-9-24(10-8-23)29(26,27)18-14(20)5-4-6-15(18)21/h4-6,12H,7-11H2,1-3H3. The number of thiazole rings is 1. The van der Waals surface area contributed by atoms with Gasteiger partial charge < -0.3 is 4.90 Å². The van der Waals surface area contributed by atoms with Crippen LogP contribution in [0.25, 0.3) is 0 Å². The van der Waals surface area contributed by atoms with E-state index in [-0.39, 0.29) is 33.9 Å². The van der Waals surface area contributed by atoms with Crippen molar-refractivity contribution in [3.63, 3.8) is 0 Å². The first-order valence-corrected chi connectivity index (χ1v) is 12.3. The highest BCUT2D eigenvalue weighted by molar-refractivity contribution is 7.89. The zero-order chi connectivity index (χ0) is 21.3. The molecule has 0 bridgehead atoms. The van der Waals surface area contributed by atoms with Crippen molar-refractivity contribution in [1.82, 2.24) is 14.2 Å². The Balaban J connectivity index is 1.72. The second kappa shape index (κ2) is 8.89. The van der Waals surface area contributed by atoms with Gasteiger partial charge in [0.05, 0.1) is 20.7 Å². The van der Waals surface area contributed by atoms with Crippen LogP contribution >= 0.6 is 34.5 Å². The van der Waals surface area contributed by atoms with Gasteiger partial charge in [0.15, 0.2) is 0 Å². The number of hydrogen-bond donors (Lipinski definition) is 0. The number of carbonyl (C=O) groups is 1. The molecular weight excluding hydrogens is 453 g/mol. The quantitative estimate of drug-likeness (QED) is 0.652. The van der Waals surface area contributed by atoms with Crippen LogP contribution in [0.5, 0.6) is 0 Å². The van der Waals surface area contributed by atoms with Crippen LogP contribution in [-0.4, -0.2) is 54.7 Å². The summed E-state index contributed by atoms with van der Waals surface area (Å²) in [5.41, 5.74) is 0.730. The number of sulfonamides is 1. The fourth-order valence-corrected chi connectivity index (χ4v) is 6.98. The van der Waals surface area contributed by atoms with E-state index in [1.807, 2.05) is 6.92 Å². The van der Waals surface area contributed by atoms with Gasteiger partial charge in [-0.2, -0.15) is 4.31 Å². The smallest absolute Gasteiger partial charge is 0.265 e. The molecule has 10 heteroatoms. The number of aryl methyl sites for hydroxylation is 1. The van der Waals surface area contributed by atoms with Crippen LogP contribution in [0.15, 0.2) is 23.1 Å². The van der Waals surface area contributed by atoms with Crippen LogP contribution in [0.4, 0.5) is 0 Å². The van der Waals surface area contributed by atoms with Crippen molar-refractivity contribution < 1.29 is 13.2 Å². The second-order valence-corrected chi connectivity index (χ2v) is 11.1. The minimum atomic E-state index is -3.83. The van der Waals surface area contributed by atoms with E-state index < -0.39 is 10.0 Å². The van der Waals surface area contributed by atoms with E-state index in [4.69, 9.17) is 23.2 Å². The van der Waals surface area contributed by atoms with Crippen molar-refractivity contribution in [2.75, 3.05) is 26.2 Å². The van der Waals surface area contributed by atoms with E-state index >= 15 is 0 Å². The summed E-state index contributed by atoms with van der Waals surface area (Å²) in [4.78, 5) is 19.7. The van der Waals surface area contributed by atoms with Crippen LogP contribution in [0.1, 0.15) is 34.2 Å². The number of amides is 1. The summed E-state index contributed by atoms with van der Waals surface area (Å²) in [7, 11) is -3.83. The molecule has 1 aromatic heterocycles. The first-order valence-electron chi connectivity index (χ1n) is 9.31. The lowest BCUT2D eigenvalue weighted by Gasteiger charge is -2.34. The molecule has 1 saturated heterocycles. The average Bonchev–Trinajstić information content (AvgIpc) is 3.00. The Kier molecular flexibility index (Phi) is 6.90. The highest BCUT2D eigenvalue weighted by atomic mass is 35.5. The molecule has 1 aromatic carbocycles. The normalized spacial score (nSPS) is 15.9. The average molecular weight is 476 g/mol. The van der Waals surface area contributed by atoms with Gasteiger partial charge in [-0.3, -0.25) is 4.79 Å². The maximum atomic E-state index is 13.0. The van der Waals surface area contributed by atoms with Gasteiger partial charge in [-0.15, -0.1) is 11.3 Å². The molecule has 0 N–H and O–H groups in total. The van der Waals surface area contributed by atoms with E-state index in [9.17, 15) is 13.2 Å². The molecule has 0 atom stereocenters. The molecule has 29 heavy (non-hydrogen) atoms. The third-order valence-corrected chi connectivity index (χ3v) is 8.68. The Morgan fingerprint density at radius 1 is 1.17 bits per heavy atom. The molecule has 1 aliphatic heterocycles. The van der Waals surface area contributed by atoms with Crippen molar-refractivity contribution in [2.24, 2.45) is 5.92 Å². The lowest BCUT2D eigenvalue weighted by atomic mass is 10.1. The number of piperazine rings is 1. The number of hydrogen-bond acceptors (Lipinski definition) is 5. The summed E-state index contributed by atoms with van der Waals surface area (Å²) < 4.78 is 27.3. The Morgan fingerprint density at radius 2 is 1.76 bits per heavy atom. The molecule has 0 aliphatic carbocycles. The topological polar surface area (TPSA) is 70.6 Å². The van der Waals surface area contributed by atoms with Crippen LogP contribution in [0.3, 0.4) is 0 Å². The van der Waals surface area contributed by atoms with E-state index in [0.29, 0.717) is 23.9 Å². The molecule has 6 nitrogen and oxygen atoms in total. The van der Waals surface area contributed by atoms with Gasteiger partial charge in [0.1, 0.15) is 9.77 Å². The minimum absolute atomic E-state index is 0.0836. The molecule has 0 unspecified atom stereocenters. The number of nitrogens with zero attached hydrogens (tertiary/aromatic N) is 3. The Hall–Kier alpha value is -1.19. The number of aromatic nitrogens is 1. The van der Waals surface area contributed by atoms with Crippen molar-refractivity contribution in [3.05, 3.63) is 43.8 Å². The van der Waals surface area contributed by atoms with E-state index in [2.05, 4.69) is 18.8 Å². The molecule has 1 aliphatic rings. The predicted octanol–water partition coefficient (Wildman–Crippen LogP) is 4.10. The zero-order valence-electron chi connectivity index (χ0n) is 16.5. The summed E-state index contributed by atoms with van der Waals surface area (Å²) in [5, 5.41) is 1.14. The van der Waals surface area contributed by atoms with Crippen molar-refractivity contribution in [3.8, 4) is 0 Å². The molecule has 0 saturated carbocycles. The first-order chi connectivity index (χ1) is 13.6. The second-order valence-electron chi connectivity index (χ2n) is 7.37. The molecule has 3 rings (SSSR count). The Bertz CT molecular complexity index is 993. The van der Waals surface area contributed by atoms with Crippen LogP contribution in [0, 0.1) is 12.8 Å². The predicted molar refractivity (Wildman–Crippen MR) is 117 cm³/mol. The third kappa shape index (κ3) is 4.77. The fraction of sp³-hybridized carbons (Fsp3) is 0.474. The molecule has 1 fully saturated rings. The molecule has 2 heterocycles. The van der Waals surface area contributed by atoms with E-state index in [1.165, 1.54) is 27.8 Å². The van der Waals surface area contributed by atoms with Crippen molar-refractivity contribution in [1.29, 1.82) is 0 Å². The SMILES string of the molecule is Cc1nc(CC(C)C)sc1C(=O)N1CCN(S(=O)(=O)c2c(Cl)cccc2Cl)CC1. The molecule has 0 spiro atoms. The summed E-state index contributed by atoms with van der Waals surface area (Å²) in [6, 6.07) is 4.61. The first kappa shape index (κ1) is 22.5. The maximum Gasteiger partial charge on any atom is 0.265 e. The zero-order valence-corrected chi connectivity index (χ0v) is 19.6. The van der Waals surface area contributed by atoms with Crippen LogP contribution in [0.2, 0.25) is 10.0 Å². The molecular formula is C19H23Cl2N3O3S2. The number of halogens is 2. The lowest BCUT2D eigenvalue weighted by molar-refractivity contribution is 0.0702. The maximum absolute atomic E-state index is 13.0. The summed E-state index contributed by atoms with van der Waals surface area (Å²) in [6.07, 6.45) is 0.837. The molecule has 158 valence electrons. The van der Waals surface area contributed by atoms with Gasteiger partial charge in [-0.05, 0) is 25.0 Å². The Morgan fingerprint density at radius 3 is 2.31 bits per heavy atom. The lowest BCUT2D eigenvalue weighted by Crippen LogP contribution is -2.50. The van der Waals surface area contributed by atoms with Gasteiger partial charge >= 0.3 is 0 Å². The number of rotatable bonds is 5. The summed E-state index contributed by atoms with van der Waals surface area (Å²) >= 11 is 13.6. The molecule has 2 aromatic rings. The van der Waals surface area contributed by atoms with Crippen LogP contribution in [-0.2, 0) is 16.4 Å². The van der Waals surface area contributed by atoms with Gasteiger partial charge in [0, 0.05) is 32.6 Å². The monoisotopic (exact) mass is 475 g/mol. The van der Waals surface area contributed by atoms with Gasteiger partial charge in [0.25, 0.3) is 5.91 Å². The van der Waals surface area contributed by atoms with Gasteiger partial charge in [-0.1, -0.05) is 43.1 Å². The minimum Gasteiger partial charge on any atom is -0.335 e. The van der Waals surface area contributed by atoms with Gasteiger partial charge in [-0.25, -0.2) is 13.4 Å². The summed E-state index contributed by atoms with van der Waals surface area (Å²) in [5.74, 6) is 0.372. The van der Waals surface area contributed by atoms with Crippen LogP contribution < -0.4 is 0 Å². The Labute approximate surface area is 185 Å². The van der Waals surface area contributed by atoms with E-state index in [1.54, 1.807) is 11.0 Å². The molecule has 1 amide bonds.